The smallest absolute Gasteiger partial charge is 0.0963 e. The molecule has 0 saturated heterocycles. The van der Waals surface area contributed by atoms with Gasteiger partial charge in [-0.1, -0.05) is 26.3 Å². The van der Waals surface area contributed by atoms with Crippen LogP contribution in [0.3, 0.4) is 0 Å². The predicted molar refractivity (Wildman–Crippen MR) is 84.9 cm³/mol. The lowest BCUT2D eigenvalue weighted by molar-refractivity contribution is 0.254. The number of nitrogens with one attached hydrogen (secondary N) is 1. The zero-order valence-electron chi connectivity index (χ0n) is 12.6. The standard InChI is InChI=1S/C15H27N3S/c1-12(13-8-7-11-19-13)18(4)10-6-5-9-15(2,3)14(16)17/h7-8,11-12H,5-6,9-10H2,1-4H3,(H3,16,17). The lowest BCUT2D eigenvalue weighted by atomic mass is 9.86. The van der Waals surface area contributed by atoms with E-state index in [2.05, 4.69) is 36.4 Å². The van der Waals surface area contributed by atoms with Crippen LogP contribution >= 0.6 is 11.3 Å². The van der Waals surface area contributed by atoms with Crippen molar-refractivity contribution >= 4 is 17.2 Å². The lowest BCUT2D eigenvalue weighted by Gasteiger charge is -2.26. The van der Waals surface area contributed by atoms with Crippen molar-refractivity contribution in [2.24, 2.45) is 11.1 Å². The molecule has 0 aliphatic heterocycles. The zero-order chi connectivity index (χ0) is 14.5. The van der Waals surface area contributed by atoms with E-state index < -0.39 is 0 Å². The first kappa shape index (κ1) is 16.2. The number of hydrogen-bond donors (Lipinski definition) is 2. The Labute approximate surface area is 121 Å². The van der Waals surface area contributed by atoms with Gasteiger partial charge in [0.1, 0.15) is 0 Å². The molecule has 0 spiro atoms. The molecule has 1 aromatic heterocycles. The molecule has 0 aliphatic rings. The van der Waals surface area contributed by atoms with E-state index in [1.54, 1.807) is 0 Å². The van der Waals surface area contributed by atoms with Crippen LogP contribution in [0, 0.1) is 10.8 Å². The minimum atomic E-state index is -0.155. The Bertz CT molecular complexity index is 384. The van der Waals surface area contributed by atoms with Crippen molar-refractivity contribution in [2.75, 3.05) is 13.6 Å². The third kappa shape index (κ3) is 4.96. The normalized spacial score (nSPS) is 13.7. The Morgan fingerprint density at radius 1 is 1.47 bits per heavy atom. The number of nitrogens with two attached hydrogens (primary N) is 1. The quantitative estimate of drug-likeness (QED) is 0.432. The molecule has 0 amide bonds. The first-order valence-electron chi connectivity index (χ1n) is 6.93. The molecular formula is C15H27N3S. The molecule has 1 atom stereocenters. The second kappa shape index (κ2) is 7.06. The average molecular weight is 281 g/mol. The van der Waals surface area contributed by atoms with Crippen molar-refractivity contribution in [3.05, 3.63) is 22.4 Å². The van der Waals surface area contributed by atoms with Gasteiger partial charge in [0.15, 0.2) is 0 Å². The Kier molecular flexibility index (Phi) is 6.01. The minimum Gasteiger partial charge on any atom is -0.387 e. The van der Waals surface area contributed by atoms with E-state index >= 15 is 0 Å². The van der Waals surface area contributed by atoms with Crippen molar-refractivity contribution in [3.8, 4) is 0 Å². The van der Waals surface area contributed by atoms with E-state index in [1.807, 2.05) is 25.2 Å². The first-order chi connectivity index (χ1) is 8.84. The summed E-state index contributed by atoms with van der Waals surface area (Å²) in [5.74, 6) is 0.299. The summed E-state index contributed by atoms with van der Waals surface area (Å²) in [6.45, 7) is 7.44. The fourth-order valence-corrected chi connectivity index (χ4v) is 2.85. The Hall–Kier alpha value is -0.870. The fourth-order valence-electron chi connectivity index (χ4n) is 2.00. The second-order valence-electron chi connectivity index (χ2n) is 5.93. The molecule has 19 heavy (non-hydrogen) atoms. The van der Waals surface area contributed by atoms with Crippen molar-refractivity contribution in [1.82, 2.24) is 4.90 Å². The zero-order valence-corrected chi connectivity index (χ0v) is 13.4. The summed E-state index contributed by atoms with van der Waals surface area (Å²) in [7, 11) is 2.18. The molecule has 0 bridgehead atoms. The van der Waals surface area contributed by atoms with Crippen LogP contribution in [-0.2, 0) is 0 Å². The van der Waals surface area contributed by atoms with Crippen LogP contribution in [0.4, 0.5) is 0 Å². The second-order valence-corrected chi connectivity index (χ2v) is 6.91. The topological polar surface area (TPSA) is 53.1 Å². The molecule has 3 N–H and O–H groups in total. The van der Waals surface area contributed by atoms with Crippen LogP contribution in [0.2, 0.25) is 0 Å². The highest BCUT2D eigenvalue weighted by molar-refractivity contribution is 7.10. The summed E-state index contributed by atoms with van der Waals surface area (Å²) in [5.41, 5.74) is 5.44. The van der Waals surface area contributed by atoms with E-state index in [-0.39, 0.29) is 5.41 Å². The SMILES string of the molecule is CC(c1cccs1)N(C)CCCCC(C)(C)C(=N)N. The highest BCUT2D eigenvalue weighted by atomic mass is 32.1. The predicted octanol–water partition coefficient (Wildman–Crippen LogP) is 3.87. The molecule has 0 aromatic carbocycles. The van der Waals surface area contributed by atoms with Crippen molar-refractivity contribution in [3.63, 3.8) is 0 Å². The summed E-state index contributed by atoms with van der Waals surface area (Å²) >= 11 is 1.82. The number of rotatable bonds is 8. The van der Waals surface area contributed by atoms with Gasteiger partial charge in [-0.05, 0) is 44.8 Å². The van der Waals surface area contributed by atoms with Gasteiger partial charge in [0.05, 0.1) is 5.84 Å². The van der Waals surface area contributed by atoms with Gasteiger partial charge in [-0.15, -0.1) is 11.3 Å². The molecule has 108 valence electrons. The van der Waals surface area contributed by atoms with E-state index in [4.69, 9.17) is 11.1 Å². The lowest BCUT2D eigenvalue weighted by Crippen LogP contribution is -2.31. The molecule has 1 rings (SSSR count). The van der Waals surface area contributed by atoms with Crippen LogP contribution in [0.25, 0.3) is 0 Å². The number of hydrogen-bond acceptors (Lipinski definition) is 3. The molecule has 0 fully saturated rings. The summed E-state index contributed by atoms with van der Waals surface area (Å²) in [4.78, 5) is 3.82. The van der Waals surface area contributed by atoms with Gasteiger partial charge in [0.2, 0.25) is 0 Å². The van der Waals surface area contributed by atoms with Crippen molar-refractivity contribution in [1.29, 1.82) is 5.41 Å². The van der Waals surface area contributed by atoms with Gasteiger partial charge in [-0.2, -0.15) is 0 Å². The molecule has 0 radical (unpaired) electrons. The Balaban J connectivity index is 2.28. The number of amidine groups is 1. The van der Waals surface area contributed by atoms with E-state index in [0.29, 0.717) is 11.9 Å². The monoisotopic (exact) mass is 281 g/mol. The Morgan fingerprint density at radius 3 is 2.68 bits per heavy atom. The van der Waals surface area contributed by atoms with E-state index in [1.165, 1.54) is 4.88 Å². The van der Waals surface area contributed by atoms with E-state index in [0.717, 1.165) is 25.8 Å². The average Bonchev–Trinajstić information content (AvgIpc) is 2.86. The number of nitrogens with zero attached hydrogens (tertiary/aromatic N) is 1. The molecule has 1 heterocycles. The maximum atomic E-state index is 7.55. The van der Waals surface area contributed by atoms with Crippen LogP contribution in [0.1, 0.15) is 51.0 Å². The molecule has 3 nitrogen and oxygen atoms in total. The third-order valence-electron chi connectivity index (χ3n) is 3.91. The van der Waals surface area contributed by atoms with Gasteiger partial charge in [0.25, 0.3) is 0 Å². The van der Waals surface area contributed by atoms with Gasteiger partial charge in [0, 0.05) is 16.3 Å². The summed E-state index contributed by atoms with van der Waals surface area (Å²) in [6, 6.07) is 4.80. The number of unbranched alkanes of at least 4 members (excludes halogenated alkanes) is 1. The largest absolute Gasteiger partial charge is 0.387 e. The van der Waals surface area contributed by atoms with Gasteiger partial charge in [-0.3, -0.25) is 10.3 Å². The molecular weight excluding hydrogens is 254 g/mol. The Morgan fingerprint density at radius 2 is 2.16 bits per heavy atom. The van der Waals surface area contributed by atoms with Crippen molar-refractivity contribution in [2.45, 2.75) is 46.1 Å². The van der Waals surface area contributed by atoms with Crippen LogP contribution in [0.15, 0.2) is 17.5 Å². The summed E-state index contributed by atoms with van der Waals surface area (Å²) < 4.78 is 0. The van der Waals surface area contributed by atoms with Gasteiger partial charge in [-0.25, -0.2) is 0 Å². The van der Waals surface area contributed by atoms with Crippen LogP contribution in [0.5, 0.6) is 0 Å². The van der Waals surface area contributed by atoms with Crippen LogP contribution < -0.4 is 5.73 Å². The van der Waals surface area contributed by atoms with Crippen molar-refractivity contribution < 1.29 is 0 Å². The minimum absolute atomic E-state index is 0.155. The number of thiophene rings is 1. The summed E-state index contributed by atoms with van der Waals surface area (Å²) in [6.07, 6.45) is 3.26. The third-order valence-corrected chi connectivity index (χ3v) is 4.95. The molecule has 1 unspecified atom stereocenters. The van der Waals surface area contributed by atoms with E-state index in [9.17, 15) is 0 Å². The maximum absolute atomic E-state index is 7.55. The molecule has 0 aliphatic carbocycles. The maximum Gasteiger partial charge on any atom is 0.0963 e. The highest BCUT2D eigenvalue weighted by Gasteiger charge is 2.21. The van der Waals surface area contributed by atoms with Gasteiger partial charge >= 0.3 is 0 Å². The highest BCUT2D eigenvalue weighted by Crippen LogP contribution is 2.25. The molecule has 1 aromatic rings. The summed E-state index contributed by atoms with van der Waals surface area (Å²) in [5, 5.41) is 9.68. The first-order valence-corrected chi connectivity index (χ1v) is 7.80. The fraction of sp³-hybridized carbons (Fsp3) is 0.667. The van der Waals surface area contributed by atoms with Crippen LogP contribution in [-0.4, -0.2) is 24.3 Å². The molecule has 4 heteroatoms. The molecule has 0 saturated carbocycles. The van der Waals surface area contributed by atoms with Gasteiger partial charge < -0.3 is 5.73 Å².